The van der Waals surface area contributed by atoms with E-state index in [1.54, 1.807) is 18.4 Å². The van der Waals surface area contributed by atoms with Gasteiger partial charge in [0.05, 0.1) is 18.1 Å². The average Bonchev–Trinajstić information content (AvgIpc) is 3.38. The fraction of sp³-hybridized carbons (Fsp3) is 0.154. The van der Waals surface area contributed by atoms with E-state index in [9.17, 15) is 0 Å². The second-order valence-electron chi connectivity index (χ2n) is 7.11. The highest BCUT2D eigenvalue weighted by Crippen LogP contribution is 2.46. The first kappa shape index (κ1) is 19.7. The quantitative estimate of drug-likeness (QED) is 0.208. The third-order valence-corrected chi connectivity index (χ3v) is 6.34. The van der Waals surface area contributed by atoms with E-state index in [0.29, 0.717) is 6.61 Å². The standard InChI is InChI=1S/C26H23NO3S/c1-3-29-17-30-25-21(20-12-6-9-15-24(20)28-2)16-31-26(25)27-22-13-7-4-10-18(22)19-11-5-8-14-23(19)27/h4-16H,3,17H2,1-2H3. The maximum absolute atomic E-state index is 6.24. The fourth-order valence-corrected chi connectivity index (χ4v) is 5.05. The number of fused-ring (bicyclic) bond motifs is 3. The normalized spacial score (nSPS) is 11.3. The maximum Gasteiger partial charge on any atom is 0.189 e. The van der Waals surface area contributed by atoms with Crippen LogP contribution in [0.1, 0.15) is 6.92 Å². The van der Waals surface area contributed by atoms with Gasteiger partial charge in [0.25, 0.3) is 0 Å². The second kappa shape index (κ2) is 8.46. The third kappa shape index (κ3) is 3.36. The zero-order chi connectivity index (χ0) is 21.2. The molecule has 3 aromatic carbocycles. The molecule has 2 heterocycles. The van der Waals surface area contributed by atoms with Crippen LogP contribution in [0.4, 0.5) is 0 Å². The van der Waals surface area contributed by atoms with E-state index in [2.05, 4.69) is 64.5 Å². The molecule has 0 saturated carbocycles. The topological polar surface area (TPSA) is 32.6 Å². The molecule has 0 N–H and O–H groups in total. The van der Waals surface area contributed by atoms with E-state index >= 15 is 0 Å². The summed E-state index contributed by atoms with van der Waals surface area (Å²) in [5, 5.41) is 5.61. The number of para-hydroxylation sites is 3. The van der Waals surface area contributed by atoms with Gasteiger partial charge in [0.15, 0.2) is 12.5 Å². The molecule has 5 rings (SSSR count). The summed E-state index contributed by atoms with van der Waals surface area (Å²) in [4.78, 5) is 0. The molecule has 0 aliphatic carbocycles. The van der Waals surface area contributed by atoms with Crippen molar-refractivity contribution in [1.82, 2.24) is 4.57 Å². The van der Waals surface area contributed by atoms with E-state index in [1.165, 1.54) is 10.8 Å². The number of ether oxygens (including phenoxy) is 3. The highest BCUT2D eigenvalue weighted by atomic mass is 32.1. The first-order valence-corrected chi connectivity index (χ1v) is 11.2. The largest absolute Gasteiger partial charge is 0.496 e. The van der Waals surface area contributed by atoms with Gasteiger partial charge >= 0.3 is 0 Å². The minimum Gasteiger partial charge on any atom is -0.496 e. The molecule has 0 bridgehead atoms. The van der Waals surface area contributed by atoms with Crippen molar-refractivity contribution in [3.63, 3.8) is 0 Å². The summed E-state index contributed by atoms with van der Waals surface area (Å²) in [7, 11) is 1.69. The SMILES string of the molecule is CCOCOc1c(-c2ccccc2OC)csc1-n1c2ccccc2c2ccccc21. The van der Waals surface area contributed by atoms with Gasteiger partial charge < -0.3 is 14.2 Å². The molecule has 2 aromatic heterocycles. The Kier molecular flexibility index (Phi) is 5.37. The van der Waals surface area contributed by atoms with Crippen LogP contribution in [0.15, 0.2) is 78.2 Å². The minimum atomic E-state index is 0.194. The predicted molar refractivity (Wildman–Crippen MR) is 128 cm³/mol. The average molecular weight is 430 g/mol. The number of methoxy groups -OCH3 is 1. The van der Waals surface area contributed by atoms with Crippen molar-refractivity contribution in [1.29, 1.82) is 0 Å². The van der Waals surface area contributed by atoms with Crippen LogP contribution in [-0.4, -0.2) is 25.1 Å². The van der Waals surface area contributed by atoms with Crippen molar-refractivity contribution in [2.45, 2.75) is 6.92 Å². The predicted octanol–water partition coefficient (Wildman–Crippen LogP) is 6.89. The highest BCUT2D eigenvalue weighted by molar-refractivity contribution is 7.13. The number of hydrogen-bond acceptors (Lipinski definition) is 4. The van der Waals surface area contributed by atoms with Gasteiger partial charge in [-0.3, -0.25) is 4.57 Å². The molecule has 0 spiro atoms. The lowest BCUT2D eigenvalue weighted by molar-refractivity contribution is 0.0230. The molecule has 0 atom stereocenters. The molecule has 0 amide bonds. The summed E-state index contributed by atoms with van der Waals surface area (Å²) in [6, 6.07) is 25.0. The van der Waals surface area contributed by atoms with Gasteiger partial charge in [0.2, 0.25) is 0 Å². The second-order valence-corrected chi connectivity index (χ2v) is 7.97. The molecule has 0 unspecified atom stereocenters. The lowest BCUT2D eigenvalue weighted by Crippen LogP contribution is -2.05. The molecule has 156 valence electrons. The molecule has 31 heavy (non-hydrogen) atoms. The molecular formula is C26H23NO3S. The third-order valence-electron chi connectivity index (χ3n) is 5.40. The Morgan fingerprint density at radius 1 is 0.806 bits per heavy atom. The van der Waals surface area contributed by atoms with Crippen molar-refractivity contribution in [3.8, 4) is 27.6 Å². The Morgan fingerprint density at radius 2 is 1.45 bits per heavy atom. The van der Waals surface area contributed by atoms with E-state index < -0.39 is 0 Å². The number of hydrogen-bond donors (Lipinski definition) is 0. The molecule has 5 heteroatoms. The van der Waals surface area contributed by atoms with Gasteiger partial charge in [0, 0.05) is 33.9 Å². The summed E-state index contributed by atoms with van der Waals surface area (Å²) >= 11 is 1.66. The van der Waals surface area contributed by atoms with Crippen LogP contribution in [0, 0.1) is 0 Å². The Hall–Kier alpha value is -3.28. The molecule has 0 radical (unpaired) electrons. The van der Waals surface area contributed by atoms with E-state index in [1.807, 2.05) is 25.1 Å². The molecule has 5 aromatic rings. The smallest absolute Gasteiger partial charge is 0.189 e. The van der Waals surface area contributed by atoms with Crippen LogP contribution in [0.25, 0.3) is 37.9 Å². The van der Waals surface area contributed by atoms with Gasteiger partial charge in [-0.2, -0.15) is 0 Å². The number of rotatable bonds is 7. The lowest BCUT2D eigenvalue weighted by Gasteiger charge is -2.14. The summed E-state index contributed by atoms with van der Waals surface area (Å²) in [5.41, 5.74) is 4.30. The first-order chi connectivity index (χ1) is 15.3. The Morgan fingerprint density at radius 3 is 2.13 bits per heavy atom. The number of aromatic nitrogens is 1. The van der Waals surface area contributed by atoms with Crippen molar-refractivity contribution in [3.05, 3.63) is 78.2 Å². The summed E-state index contributed by atoms with van der Waals surface area (Å²) in [6.45, 7) is 2.75. The Bertz CT molecular complexity index is 1300. The fourth-order valence-electron chi connectivity index (χ4n) is 4.01. The van der Waals surface area contributed by atoms with Crippen LogP contribution in [0.3, 0.4) is 0 Å². The van der Waals surface area contributed by atoms with Crippen molar-refractivity contribution < 1.29 is 14.2 Å². The van der Waals surface area contributed by atoms with Crippen LogP contribution >= 0.6 is 11.3 Å². The zero-order valence-electron chi connectivity index (χ0n) is 17.5. The molecular weight excluding hydrogens is 406 g/mol. The summed E-state index contributed by atoms with van der Waals surface area (Å²) in [6.07, 6.45) is 0. The van der Waals surface area contributed by atoms with Crippen LogP contribution in [0.2, 0.25) is 0 Å². The van der Waals surface area contributed by atoms with Crippen molar-refractivity contribution >= 4 is 33.1 Å². The molecule has 0 fully saturated rings. The van der Waals surface area contributed by atoms with Gasteiger partial charge in [-0.05, 0) is 25.1 Å². The van der Waals surface area contributed by atoms with E-state index in [-0.39, 0.29) is 6.79 Å². The summed E-state index contributed by atoms with van der Waals surface area (Å²) < 4.78 is 19.7. The number of nitrogens with zero attached hydrogens (tertiary/aromatic N) is 1. The summed E-state index contributed by atoms with van der Waals surface area (Å²) in [5.74, 6) is 1.62. The molecule has 0 saturated heterocycles. The van der Waals surface area contributed by atoms with Crippen LogP contribution in [0.5, 0.6) is 11.5 Å². The van der Waals surface area contributed by atoms with Crippen LogP contribution < -0.4 is 9.47 Å². The van der Waals surface area contributed by atoms with Gasteiger partial charge in [-0.15, -0.1) is 11.3 Å². The Labute approximate surface area is 185 Å². The zero-order valence-corrected chi connectivity index (χ0v) is 18.3. The van der Waals surface area contributed by atoms with Crippen molar-refractivity contribution in [2.75, 3.05) is 20.5 Å². The van der Waals surface area contributed by atoms with Crippen LogP contribution in [-0.2, 0) is 4.74 Å². The van der Waals surface area contributed by atoms with Gasteiger partial charge in [-0.25, -0.2) is 0 Å². The maximum atomic E-state index is 6.24. The van der Waals surface area contributed by atoms with Gasteiger partial charge in [-0.1, -0.05) is 54.6 Å². The molecule has 0 aliphatic rings. The Balaban J connectivity index is 1.78. The number of thiophene rings is 1. The lowest BCUT2D eigenvalue weighted by atomic mass is 10.1. The molecule has 0 aliphatic heterocycles. The van der Waals surface area contributed by atoms with E-state index in [4.69, 9.17) is 14.2 Å². The molecule has 4 nitrogen and oxygen atoms in total. The van der Waals surface area contributed by atoms with E-state index in [0.717, 1.165) is 38.7 Å². The van der Waals surface area contributed by atoms with Gasteiger partial charge in [0.1, 0.15) is 10.8 Å². The minimum absolute atomic E-state index is 0.194. The number of benzene rings is 3. The monoisotopic (exact) mass is 429 g/mol. The first-order valence-electron chi connectivity index (χ1n) is 10.3. The van der Waals surface area contributed by atoms with Crippen molar-refractivity contribution in [2.24, 2.45) is 0 Å². The highest BCUT2D eigenvalue weighted by Gasteiger charge is 2.22.